The van der Waals surface area contributed by atoms with E-state index in [0.29, 0.717) is 5.56 Å². The number of amides is 2. The minimum atomic E-state index is -0.992. The summed E-state index contributed by atoms with van der Waals surface area (Å²) in [6.07, 6.45) is -0.784. The molecule has 1 aliphatic carbocycles. The van der Waals surface area contributed by atoms with Gasteiger partial charge in [0.1, 0.15) is 6.61 Å². The van der Waals surface area contributed by atoms with Crippen molar-refractivity contribution in [2.45, 2.75) is 18.3 Å². The molecule has 3 N–H and O–H groups in total. The number of carbonyl (C=O) groups is 3. The number of benzene rings is 3. The molecule has 0 radical (unpaired) electrons. The van der Waals surface area contributed by atoms with E-state index in [-0.39, 0.29) is 37.9 Å². The van der Waals surface area contributed by atoms with Crippen LogP contribution in [0.25, 0.3) is 11.1 Å². The Balaban J connectivity index is 1.38. The summed E-state index contributed by atoms with van der Waals surface area (Å²) in [5.41, 5.74) is 5.26. The second kappa shape index (κ2) is 10.7. The van der Waals surface area contributed by atoms with Gasteiger partial charge in [-0.2, -0.15) is 0 Å². The van der Waals surface area contributed by atoms with E-state index in [2.05, 4.69) is 22.8 Å². The van der Waals surface area contributed by atoms with E-state index in [4.69, 9.17) is 9.84 Å². The molecule has 0 aromatic heterocycles. The van der Waals surface area contributed by atoms with Crippen LogP contribution in [0.5, 0.6) is 0 Å². The van der Waals surface area contributed by atoms with E-state index in [0.717, 1.165) is 22.3 Å². The quantitative estimate of drug-likeness (QED) is 0.451. The van der Waals surface area contributed by atoms with Gasteiger partial charge in [-0.25, -0.2) is 4.79 Å². The highest BCUT2D eigenvalue weighted by atomic mass is 16.5. The van der Waals surface area contributed by atoms with Gasteiger partial charge in [0.2, 0.25) is 5.91 Å². The maximum absolute atomic E-state index is 12.7. The zero-order chi connectivity index (χ0) is 23.9. The van der Waals surface area contributed by atoms with E-state index in [1.807, 2.05) is 42.5 Å². The molecule has 7 nitrogen and oxygen atoms in total. The summed E-state index contributed by atoms with van der Waals surface area (Å²) >= 11 is 0. The number of rotatable bonds is 9. The van der Waals surface area contributed by atoms with Gasteiger partial charge in [0.05, 0.1) is 12.3 Å². The first-order valence-electron chi connectivity index (χ1n) is 11.2. The molecular weight excluding hydrogens is 432 g/mol. The number of hydrogen-bond donors (Lipinski definition) is 3. The molecule has 0 saturated heterocycles. The summed E-state index contributed by atoms with van der Waals surface area (Å²) in [6, 6.07) is 25.2. The van der Waals surface area contributed by atoms with Gasteiger partial charge in [0.25, 0.3) is 0 Å². The predicted octanol–water partition coefficient (Wildman–Crippen LogP) is 3.90. The van der Waals surface area contributed by atoms with Crippen LogP contribution in [0.3, 0.4) is 0 Å². The van der Waals surface area contributed by atoms with E-state index in [1.165, 1.54) is 0 Å². The first-order chi connectivity index (χ1) is 16.5. The summed E-state index contributed by atoms with van der Waals surface area (Å²) in [5, 5.41) is 14.1. The van der Waals surface area contributed by atoms with E-state index >= 15 is 0 Å². The lowest BCUT2D eigenvalue weighted by atomic mass is 9.98. The Kier molecular flexibility index (Phi) is 7.22. The number of ether oxygens (including phenoxy) is 1. The van der Waals surface area contributed by atoms with Crippen molar-refractivity contribution in [3.8, 4) is 11.1 Å². The van der Waals surface area contributed by atoms with Gasteiger partial charge in [-0.1, -0.05) is 78.9 Å². The SMILES string of the molecule is O=C(O)CCNC(=O)C(CNC(=O)OCC1c2ccccc2-c2ccccc21)c1ccccc1. The fourth-order valence-corrected chi connectivity index (χ4v) is 4.30. The number of carbonyl (C=O) groups excluding carboxylic acids is 2. The van der Waals surface area contributed by atoms with Crippen molar-refractivity contribution in [3.05, 3.63) is 95.6 Å². The number of carboxylic acids is 1. The van der Waals surface area contributed by atoms with E-state index in [9.17, 15) is 14.4 Å². The summed E-state index contributed by atoms with van der Waals surface area (Å²) in [6.45, 7) is 0.225. The molecule has 3 aromatic rings. The number of fused-ring (bicyclic) bond motifs is 3. The van der Waals surface area contributed by atoms with Gasteiger partial charge in [-0.3, -0.25) is 9.59 Å². The lowest BCUT2D eigenvalue weighted by Crippen LogP contribution is -2.38. The molecule has 1 aliphatic rings. The zero-order valence-electron chi connectivity index (χ0n) is 18.6. The van der Waals surface area contributed by atoms with Crippen LogP contribution in [0.4, 0.5) is 4.79 Å². The van der Waals surface area contributed by atoms with Gasteiger partial charge in [0.15, 0.2) is 0 Å². The Labute approximate surface area is 197 Å². The minimum Gasteiger partial charge on any atom is -0.481 e. The average molecular weight is 459 g/mol. The maximum Gasteiger partial charge on any atom is 0.407 e. The fourth-order valence-electron chi connectivity index (χ4n) is 4.30. The third kappa shape index (κ3) is 5.26. The van der Waals surface area contributed by atoms with Gasteiger partial charge in [-0.15, -0.1) is 0 Å². The minimum absolute atomic E-state index is 0.0163. The van der Waals surface area contributed by atoms with Crippen molar-refractivity contribution in [1.29, 1.82) is 0 Å². The average Bonchev–Trinajstić information content (AvgIpc) is 3.17. The Morgan fingerprint density at radius 2 is 1.41 bits per heavy atom. The van der Waals surface area contributed by atoms with E-state index < -0.39 is 18.0 Å². The monoisotopic (exact) mass is 458 g/mol. The van der Waals surface area contributed by atoms with Crippen molar-refractivity contribution in [3.63, 3.8) is 0 Å². The molecule has 2 amide bonds. The van der Waals surface area contributed by atoms with E-state index in [1.54, 1.807) is 24.3 Å². The van der Waals surface area contributed by atoms with Crippen LogP contribution in [0.2, 0.25) is 0 Å². The number of aliphatic carboxylic acids is 1. The number of alkyl carbamates (subject to hydrolysis) is 1. The van der Waals surface area contributed by atoms with Crippen molar-refractivity contribution in [1.82, 2.24) is 10.6 Å². The number of hydrogen-bond acceptors (Lipinski definition) is 4. The Bertz CT molecular complexity index is 1130. The number of carboxylic acid groups (broad SMARTS) is 1. The highest BCUT2D eigenvalue weighted by molar-refractivity contribution is 5.85. The Morgan fingerprint density at radius 3 is 2.03 bits per heavy atom. The molecule has 0 saturated carbocycles. The topological polar surface area (TPSA) is 105 Å². The van der Waals surface area contributed by atoms with Crippen LogP contribution >= 0.6 is 0 Å². The van der Waals surface area contributed by atoms with Gasteiger partial charge in [0, 0.05) is 19.0 Å². The highest BCUT2D eigenvalue weighted by Gasteiger charge is 2.29. The van der Waals surface area contributed by atoms with Crippen molar-refractivity contribution in [2.24, 2.45) is 0 Å². The summed E-state index contributed by atoms with van der Waals surface area (Å²) in [4.78, 5) is 36.0. The maximum atomic E-state index is 12.7. The third-order valence-corrected chi connectivity index (χ3v) is 5.95. The molecule has 1 unspecified atom stereocenters. The smallest absolute Gasteiger partial charge is 0.407 e. The first kappa shape index (κ1) is 23.0. The molecule has 0 spiro atoms. The normalized spacial score (nSPS) is 12.8. The molecule has 0 fully saturated rings. The van der Waals surface area contributed by atoms with Crippen molar-refractivity contribution in [2.75, 3.05) is 19.7 Å². The molecule has 0 heterocycles. The van der Waals surface area contributed by atoms with Crippen molar-refractivity contribution < 1.29 is 24.2 Å². The van der Waals surface area contributed by atoms with Crippen LogP contribution in [0, 0.1) is 0 Å². The molecule has 174 valence electrons. The summed E-state index contributed by atoms with van der Waals surface area (Å²) in [5.74, 6) is -2.07. The molecule has 34 heavy (non-hydrogen) atoms. The largest absolute Gasteiger partial charge is 0.481 e. The van der Waals surface area contributed by atoms with Crippen LogP contribution in [0.1, 0.15) is 34.9 Å². The zero-order valence-corrected chi connectivity index (χ0v) is 18.6. The van der Waals surface area contributed by atoms with Crippen LogP contribution < -0.4 is 10.6 Å². The molecule has 0 aliphatic heterocycles. The third-order valence-electron chi connectivity index (χ3n) is 5.95. The molecular formula is C27H26N2O5. The van der Waals surface area contributed by atoms with Crippen molar-refractivity contribution >= 4 is 18.0 Å². The van der Waals surface area contributed by atoms with Crippen LogP contribution in [0.15, 0.2) is 78.9 Å². The van der Waals surface area contributed by atoms with Gasteiger partial charge < -0.3 is 20.5 Å². The molecule has 0 bridgehead atoms. The standard InChI is InChI=1S/C27H26N2O5/c30-25(31)14-15-28-26(32)23(18-8-2-1-3-9-18)16-29-27(33)34-17-24-21-12-6-4-10-19(21)20-11-5-7-13-22(20)24/h1-13,23-24H,14-17H2,(H,28,32)(H,29,33)(H,30,31). The molecule has 1 atom stereocenters. The predicted molar refractivity (Wildman–Crippen MR) is 128 cm³/mol. The second-order valence-corrected chi connectivity index (χ2v) is 8.10. The lowest BCUT2D eigenvalue weighted by Gasteiger charge is -2.19. The fraction of sp³-hybridized carbons (Fsp3) is 0.222. The van der Waals surface area contributed by atoms with Gasteiger partial charge >= 0.3 is 12.1 Å². The lowest BCUT2D eigenvalue weighted by molar-refractivity contribution is -0.136. The Hall–Kier alpha value is -4.13. The van der Waals surface area contributed by atoms with Crippen LogP contribution in [-0.4, -0.2) is 42.8 Å². The summed E-state index contributed by atoms with van der Waals surface area (Å²) in [7, 11) is 0. The molecule has 4 rings (SSSR count). The first-order valence-corrected chi connectivity index (χ1v) is 11.2. The number of nitrogens with one attached hydrogen (secondary N) is 2. The Morgan fingerprint density at radius 1 is 0.824 bits per heavy atom. The van der Waals surface area contributed by atoms with Gasteiger partial charge in [-0.05, 0) is 27.8 Å². The second-order valence-electron chi connectivity index (χ2n) is 8.10. The molecule has 3 aromatic carbocycles. The molecule has 7 heteroatoms. The van der Waals surface area contributed by atoms with Crippen LogP contribution in [-0.2, 0) is 14.3 Å². The summed E-state index contributed by atoms with van der Waals surface area (Å²) < 4.78 is 5.56. The highest BCUT2D eigenvalue weighted by Crippen LogP contribution is 2.44.